The Balaban J connectivity index is 2.68. The Morgan fingerprint density at radius 1 is 1.23 bits per heavy atom. The monoisotopic (exact) mass is 175 g/mol. The molecule has 0 unspecified atom stereocenters. The van der Waals surface area contributed by atoms with Crippen molar-refractivity contribution in [3.63, 3.8) is 0 Å². The maximum Gasteiger partial charge on any atom is 0.222 e. The van der Waals surface area contributed by atoms with Crippen molar-refractivity contribution in [2.75, 3.05) is 5.73 Å². The fourth-order valence-corrected chi connectivity index (χ4v) is 1.03. The zero-order valence-corrected chi connectivity index (χ0v) is 7.23. The lowest BCUT2D eigenvalue weighted by Gasteiger charge is -1.98. The van der Waals surface area contributed by atoms with E-state index in [1.165, 1.54) is 0 Å². The number of nitrogens with two attached hydrogens (primary N) is 1. The number of aromatic nitrogens is 4. The fraction of sp³-hybridized carbons (Fsp3) is 0.250. The zero-order valence-electron chi connectivity index (χ0n) is 7.23. The largest absolute Gasteiger partial charge is 0.368 e. The lowest BCUT2D eigenvalue weighted by Crippen LogP contribution is -1.98. The minimum absolute atomic E-state index is 0.232. The molecular weight excluding hydrogens is 166 g/mol. The van der Waals surface area contributed by atoms with Gasteiger partial charge in [-0.05, 0) is 6.42 Å². The summed E-state index contributed by atoms with van der Waals surface area (Å²) in [7, 11) is 0. The Morgan fingerprint density at radius 2 is 2.08 bits per heavy atom. The first-order valence-electron chi connectivity index (χ1n) is 4.03. The minimum Gasteiger partial charge on any atom is -0.368 e. The molecule has 0 saturated heterocycles. The molecule has 0 aliphatic heterocycles. The van der Waals surface area contributed by atoms with Crippen molar-refractivity contribution in [2.45, 2.75) is 13.3 Å². The average Bonchev–Trinajstić information content (AvgIpc) is 2.16. The van der Waals surface area contributed by atoms with Crippen molar-refractivity contribution in [3.05, 3.63) is 18.1 Å². The summed E-state index contributed by atoms with van der Waals surface area (Å²) < 4.78 is 0. The zero-order chi connectivity index (χ0) is 9.26. The van der Waals surface area contributed by atoms with E-state index in [0.717, 1.165) is 12.1 Å². The highest BCUT2D eigenvalue weighted by atomic mass is 15.0. The van der Waals surface area contributed by atoms with Crippen LogP contribution in [0.1, 0.15) is 12.6 Å². The lowest BCUT2D eigenvalue weighted by atomic mass is 10.3. The molecule has 0 saturated carbocycles. The standard InChI is InChI=1S/C8H9N5/c1-2-5-3-10-6-4-11-8(9)13-7(6)12-5/h3-4H,2H2,1H3,(H2,9,11,12,13). The van der Waals surface area contributed by atoms with Gasteiger partial charge in [-0.3, -0.25) is 0 Å². The van der Waals surface area contributed by atoms with E-state index < -0.39 is 0 Å². The van der Waals surface area contributed by atoms with Crippen molar-refractivity contribution in [2.24, 2.45) is 0 Å². The average molecular weight is 175 g/mol. The van der Waals surface area contributed by atoms with Gasteiger partial charge in [0.1, 0.15) is 5.52 Å². The lowest BCUT2D eigenvalue weighted by molar-refractivity contribution is 1.01. The molecule has 5 nitrogen and oxygen atoms in total. The molecule has 13 heavy (non-hydrogen) atoms. The van der Waals surface area contributed by atoms with Gasteiger partial charge in [-0.1, -0.05) is 6.92 Å². The highest BCUT2D eigenvalue weighted by Gasteiger charge is 2.00. The van der Waals surface area contributed by atoms with Crippen LogP contribution in [0.5, 0.6) is 0 Å². The van der Waals surface area contributed by atoms with E-state index in [9.17, 15) is 0 Å². The summed E-state index contributed by atoms with van der Waals surface area (Å²) in [5.41, 5.74) is 7.57. The summed E-state index contributed by atoms with van der Waals surface area (Å²) in [6.07, 6.45) is 4.14. The molecule has 0 radical (unpaired) electrons. The van der Waals surface area contributed by atoms with Gasteiger partial charge in [0.05, 0.1) is 11.9 Å². The van der Waals surface area contributed by atoms with Crippen LogP contribution in [0.15, 0.2) is 12.4 Å². The summed E-state index contributed by atoms with van der Waals surface area (Å²) in [5, 5.41) is 0. The first-order chi connectivity index (χ1) is 6.29. The molecule has 0 aliphatic rings. The first-order valence-corrected chi connectivity index (χ1v) is 4.03. The molecule has 0 aliphatic carbocycles. The van der Waals surface area contributed by atoms with E-state index in [-0.39, 0.29) is 5.95 Å². The number of rotatable bonds is 1. The van der Waals surface area contributed by atoms with Crippen LogP contribution in [-0.2, 0) is 6.42 Å². The van der Waals surface area contributed by atoms with Crippen LogP contribution in [0.2, 0.25) is 0 Å². The third kappa shape index (κ3) is 1.40. The van der Waals surface area contributed by atoms with Gasteiger partial charge in [0.15, 0.2) is 5.65 Å². The number of fused-ring (bicyclic) bond motifs is 1. The van der Waals surface area contributed by atoms with E-state index >= 15 is 0 Å². The van der Waals surface area contributed by atoms with Crippen molar-refractivity contribution in [1.29, 1.82) is 0 Å². The smallest absolute Gasteiger partial charge is 0.222 e. The molecule has 0 aromatic carbocycles. The molecule has 2 heterocycles. The fourth-order valence-electron chi connectivity index (χ4n) is 1.03. The van der Waals surface area contributed by atoms with Gasteiger partial charge in [-0.15, -0.1) is 0 Å². The third-order valence-electron chi connectivity index (χ3n) is 1.73. The maximum atomic E-state index is 5.43. The molecular formula is C8H9N5. The molecule has 0 fully saturated rings. The Kier molecular flexibility index (Phi) is 1.77. The third-order valence-corrected chi connectivity index (χ3v) is 1.73. The summed E-state index contributed by atoms with van der Waals surface area (Å²) in [5.74, 6) is 0.232. The van der Waals surface area contributed by atoms with Gasteiger partial charge in [-0.2, -0.15) is 4.98 Å². The molecule has 66 valence electrons. The second kappa shape index (κ2) is 2.93. The number of aryl methyl sites for hydroxylation is 1. The number of anilines is 1. The molecule has 2 aromatic heterocycles. The Hall–Kier alpha value is -1.78. The van der Waals surface area contributed by atoms with E-state index in [1.54, 1.807) is 12.4 Å². The van der Waals surface area contributed by atoms with E-state index in [2.05, 4.69) is 19.9 Å². The van der Waals surface area contributed by atoms with Crippen LogP contribution >= 0.6 is 0 Å². The van der Waals surface area contributed by atoms with Crippen LogP contribution in [-0.4, -0.2) is 19.9 Å². The minimum atomic E-state index is 0.232. The van der Waals surface area contributed by atoms with Crippen molar-refractivity contribution >= 4 is 17.1 Å². The quantitative estimate of drug-likeness (QED) is 0.685. The Morgan fingerprint density at radius 3 is 2.85 bits per heavy atom. The number of hydrogen-bond acceptors (Lipinski definition) is 5. The topological polar surface area (TPSA) is 77.6 Å². The Bertz CT molecular complexity index is 439. The number of hydrogen-bond donors (Lipinski definition) is 1. The van der Waals surface area contributed by atoms with Crippen LogP contribution in [0.3, 0.4) is 0 Å². The first kappa shape index (κ1) is 7.85. The van der Waals surface area contributed by atoms with Gasteiger partial charge in [-0.25, -0.2) is 15.0 Å². The van der Waals surface area contributed by atoms with Gasteiger partial charge in [0, 0.05) is 6.20 Å². The molecule has 2 aromatic rings. The second-order valence-electron chi connectivity index (χ2n) is 2.65. The Labute approximate surface area is 75.1 Å². The summed E-state index contributed by atoms with van der Waals surface area (Å²) >= 11 is 0. The molecule has 2 rings (SSSR count). The summed E-state index contributed by atoms with van der Waals surface area (Å²) in [6.45, 7) is 2.01. The van der Waals surface area contributed by atoms with E-state index in [0.29, 0.717) is 11.2 Å². The highest BCUT2D eigenvalue weighted by Crippen LogP contribution is 2.06. The van der Waals surface area contributed by atoms with Gasteiger partial charge >= 0.3 is 0 Å². The van der Waals surface area contributed by atoms with Crippen molar-refractivity contribution < 1.29 is 0 Å². The summed E-state index contributed by atoms with van der Waals surface area (Å²) in [4.78, 5) is 16.2. The van der Waals surface area contributed by atoms with Gasteiger partial charge < -0.3 is 5.73 Å². The second-order valence-corrected chi connectivity index (χ2v) is 2.65. The van der Waals surface area contributed by atoms with Crippen molar-refractivity contribution in [1.82, 2.24) is 19.9 Å². The predicted octanol–water partition coefficient (Wildman–Crippen LogP) is 0.564. The molecule has 2 N–H and O–H groups in total. The maximum absolute atomic E-state index is 5.43. The van der Waals surface area contributed by atoms with Crippen LogP contribution in [0.4, 0.5) is 5.95 Å². The summed E-state index contributed by atoms with van der Waals surface area (Å²) in [6, 6.07) is 0. The van der Waals surface area contributed by atoms with Gasteiger partial charge in [0.2, 0.25) is 5.95 Å². The van der Waals surface area contributed by atoms with Crippen molar-refractivity contribution in [3.8, 4) is 0 Å². The predicted molar refractivity (Wildman–Crippen MR) is 48.9 cm³/mol. The normalized spacial score (nSPS) is 10.5. The molecule has 0 atom stereocenters. The van der Waals surface area contributed by atoms with Crippen LogP contribution in [0, 0.1) is 0 Å². The highest BCUT2D eigenvalue weighted by molar-refractivity contribution is 5.69. The van der Waals surface area contributed by atoms with E-state index in [1.807, 2.05) is 6.92 Å². The molecule has 5 heteroatoms. The molecule has 0 amide bonds. The SMILES string of the molecule is CCc1cnc2cnc(N)nc2n1. The van der Waals surface area contributed by atoms with Gasteiger partial charge in [0.25, 0.3) is 0 Å². The molecule has 0 bridgehead atoms. The van der Waals surface area contributed by atoms with Crippen LogP contribution < -0.4 is 5.73 Å². The van der Waals surface area contributed by atoms with E-state index in [4.69, 9.17) is 5.73 Å². The number of nitrogens with zero attached hydrogens (tertiary/aromatic N) is 4. The molecule has 0 spiro atoms. The number of nitrogen functional groups attached to an aromatic ring is 1. The van der Waals surface area contributed by atoms with Crippen LogP contribution in [0.25, 0.3) is 11.2 Å².